The van der Waals surface area contributed by atoms with Crippen LogP contribution in [0.3, 0.4) is 0 Å². The molecule has 6 aromatic heterocycles. The summed E-state index contributed by atoms with van der Waals surface area (Å²) in [7, 11) is 0. The lowest BCUT2D eigenvalue weighted by Gasteiger charge is -2.33. The highest BCUT2D eigenvalue weighted by Gasteiger charge is 2.69. The predicted molar refractivity (Wildman–Crippen MR) is 192 cm³/mol. The van der Waals surface area contributed by atoms with Crippen LogP contribution >= 0.6 is 0 Å². The minimum Gasteiger partial charge on any atom is -0.316 e. The molecule has 4 aromatic carbocycles. The summed E-state index contributed by atoms with van der Waals surface area (Å²) in [5, 5.41) is 5.15. The van der Waals surface area contributed by atoms with E-state index < -0.39 is 5.66 Å². The Morgan fingerprint density at radius 2 is 1.24 bits per heavy atom. The zero-order chi connectivity index (χ0) is 31.9. The number of para-hydroxylation sites is 2. The Hall–Kier alpha value is -6.40. The maximum Gasteiger partial charge on any atom is 0.394 e. The van der Waals surface area contributed by atoms with E-state index in [4.69, 9.17) is 0 Å². The van der Waals surface area contributed by atoms with Crippen molar-refractivity contribution in [3.8, 4) is 28.5 Å². The summed E-state index contributed by atoms with van der Waals surface area (Å²) in [6, 6.07) is 45.0. The molecule has 0 bridgehead atoms. The number of fused-ring (bicyclic) bond motifs is 12. The molecular formula is C43H28N6+2. The molecule has 0 saturated heterocycles. The summed E-state index contributed by atoms with van der Waals surface area (Å²) < 4.78 is 15.1. The van der Waals surface area contributed by atoms with Crippen molar-refractivity contribution in [2.75, 3.05) is 0 Å². The van der Waals surface area contributed by atoms with Gasteiger partial charge in [0.05, 0.1) is 39.9 Å². The van der Waals surface area contributed by atoms with Gasteiger partial charge in [-0.3, -0.25) is 0 Å². The van der Waals surface area contributed by atoms with E-state index in [-0.39, 0.29) is 0 Å². The number of hydrogen-bond donors (Lipinski definition) is 0. The first-order chi connectivity index (χ1) is 24.2. The van der Waals surface area contributed by atoms with E-state index in [0.717, 1.165) is 0 Å². The maximum atomic E-state index is 2.63. The van der Waals surface area contributed by atoms with Crippen LogP contribution in [0.4, 0.5) is 0 Å². The molecule has 1 unspecified atom stereocenters. The van der Waals surface area contributed by atoms with Gasteiger partial charge in [-0.1, -0.05) is 47.1 Å². The van der Waals surface area contributed by atoms with Crippen LogP contribution in [0.1, 0.15) is 22.5 Å². The van der Waals surface area contributed by atoms with Gasteiger partial charge in [0.15, 0.2) is 5.52 Å². The number of nitrogens with zero attached hydrogens (tertiary/aromatic N) is 6. The first-order valence-corrected chi connectivity index (χ1v) is 17.1. The van der Waals surface area contributed by atoms with Crippen LogP contribution in [0.15, 0.2) is 134 Å². The Bertz CT molecular complexity index is 3200. The minimum absolute atomic E-state index is 0.671. The lowest BCUT2D eigenvalue weighted by Crippen LogP contribution is -2.77. The van der Waals surface area contributed by atoms with Gasteiger partial charge in [0.1, 0.15) is 22.3 Å². The SMILES string of the molecule is Cc1c(-c2ccc3ccccn23)c(C)[n+]2n1-c1ccc3c4ccccc4n4c3c1C21c2c-4ccc3c4ccccc4n(c23)-c2cccc[n+]21. The van der Waals surface area contributed by atoms with Gasteiger partial charge in [-0.2, -0.15) is 9.13 Å². The summed E-state index contributed by atoms with van der Waals surface area (Å²) in [4.78, 5) is 0. The largest absolute Gasteiger partial charge is 0.394 e. The van der Waals surface area contributed by atoms with Crippen LogP contribution in [0.25, 0.3) is 77.6 Å². The average molecular weight is 629 g/mol. The number of rotatable bonds is 1. The maximum absolute atomic E-state index is 2.63. The van der Waals surface area contributed by atoms with Crippen molar-refractivity contribution < 1.29 is 9.25 Å². The van der Waals surface area contributed by atoms with Crippen LogP contribution in [0.2, 0.25) is 0 Å². The molecule has 0 amide bonds. The summed E-state index contributed by atoms with van der Waals surface area (Å²) in [5.41, 5.74) is 15.7. The van der Waals surface area contributed by atoms with Gasteiger partial charge >= 0.3 is 5.66 Å². The zero-order valence-electron chi connectivity index (χ0n) is 26.9. The minimum atomic E-state index is -0.671. The summed E-state index contributed by atoms with van der Waals surface area (Å²) in [6.45, 7) is 4.63. The Kier molecular flexibility index (Phi) is 3.95. The molecule has 0 fully saturated rings. The highest BCUT2D eigenvalue weighted by Crippen LogP contribution is 2.55. The molecule has 0 N–H and O–H groups in total. The van der Waals surface area contributed by atoms with Crippen molar-refractivity contribution in [2.24, 2.45) is 0 Å². The van der Waals surface area contributed by atoms with Crippen molar-refractivity contribution in [2.45, 2.75) is 19.5 Å². The monoisotopic (exact) mass is 628 g/mol. The van der Waals surface area contributed by atoms with Crippen molar-refractivity contribution in [3.63, 3.8) is 0 Å². The first kappa shape index (κ1) is 24.7. The van der Waals surface area contributed by atoms with Crippen molar-refractivity contribution in [3.05, 3.63) is 156 Å². The van der Waals surface area contributed by atoms with Gasteiger partial charge in [0, 0.05) is 46.2 Å². The zero-order valence-corrected chi connectivity index (χ0v) is 26.9. The average Bonchev–Trinajstić information content (AvgIpc) is 3.93. The van der Waals surface area contributed by atoms with E-state index in [1.54, 1.807) is 0 Å². The molecule has 9 heterocycles. The standard InChI is InChI=1S/C43H28N6/c1-25-38(34-20-17-27-11-7-9-23-44(27)34)26(2)49-43-39-35(46-32-14-5-3-12-28(32)30-19-22-36(48(25)49)40(43)41(30)46)21-18-31-29-13-4-6-15-33(29)47(42(31)39)37-16-8-10-24-45(37)43/h3-24H,1-2H3/q+2. The lowest BCUT2D eigenvalue weighted by atomic mass is 9.82. The topological polar surface area (TPSA) is 27.0 Å². The fourth-order valence-corrected chi connectivity index (χ4v) is 10.3. The van der Waals surface area contributed by atoms with Crippen LogP contribution in [-0.2, 0) is 5.66 Å². The van der Waals surface area contributed by atoms with Crippen molar-refractivity contribution >= 4 is 49.1 Å². The third-order valence-electron chi connectivity index (χ3n) is 11.9. The van der Waals surface area contributed by atoms with Crippen LogP contribution in [0.5, 0.6) is 0 Å². The molecular weight excluding hydrogens is 601 g/mol. The molecule has 228 valence electrons. The quantitative estimate of drug-likeness (QED) is 0.165. The molecule has 0 aliphatic carbocycles. The van der Waals surface area contributed by atoms with E-state index in [2.05, 4.69) is 175 Å². The highest BCUT2D eigenvalue weighted by molar-refractivity contribution is 6.16. The van der Waals surface area contributed by atoms with Crippen LogP contribution in [0, 0.1) is 13.8 Å². The number of pyridine rings is 2. The fraction of sp³-hybridized carbons (Fsp3) is 0.0698. The predicted octanol–water partition coefficient (Wildman–Crippen LogP) is 8.02. The Labute approximate surface area is 280 Å². The third-order valence-corrected chi connectivity index (χ3v) is 11.9. The lowest BCUT2D eigenvalue weighted by molar-refractivity contribution is -0.995. The Morgan fingerprint density at radius 3 is 2.06 bits per heavy atom. The molecule has 49 heavy (non-hydrogen) atoms. The number of benzene rings is 4. The molecule has 1 spiro atoms. The third kappa shape index (κ3) is 2.41. The second-order valence-corrected chi connectivity index (χ2v) is 13.9. The molecule has 6 nitrogen and oxygen atoms in total. The molecule has 10 aromatic rings. The van der Waals surface area contributed by atoms with Gasteiger partial charge < -0.3 is 8.97 Å². The van der Waals surface area contributed by atoms with E-state index in [1.807, 2.05) is 0 Å². The number of aromatic nitrogens is 6. The smallest absolute Gasteiger partial charge is 0.316 e. The second kappa shape index (κ2) is 7.83. The molecule has 6 heteroatoms. The molecule has 1 atom stereocenters. The van der Waals surface area contributed by atoms with Gasteiger partial charge in [-0.05, 0) is 79.7 Å². The van der Waals surface area contributed by atoms with Gasteiger partial charge in [0.2, 0.25) is 5.69 Å². The van der Waals surface area contributed by atoms with Crippen molar-refractivity contribution in [1.82, 2.24) is 18.2 Å². The first-order valence-electron chi connectivity index (χ1n) is 17.1. The summed E-state index contributed by atoms with van der Waals surface area (Å²) >= 11 is 0. The molecule has 3 aliphatic rings. The van der Waals surface area contributed by atoms with Gasteiger partial charge in [-0.15, -0.1) is 4.68 Å². The van der Waals surface area contributed by atoms with Crippen LogP contribution < -0.4 is 9.25 Å². The molecule has 3 aliphatic heterocycles. The second-order valence-electron chi connectivity index (χ2n) is 13.9. The summed E-state index contributed by atoms with van der Waals surface area (Å²) in [6.07, 6.45) is 4.50. The van der Waals surface area contributed by atoms with Crippen LogP contribution in [-0.4, -0.2) is 18.2 Å². The number of hydrogen-bond acceptors (Lipinski definition) is 0. The fourth-order valence-electron chi connectivity index (χ4n) is 10.3. The normalized spacial score (nSPS) is 16.4. The van der Waals surface area contributed by atoms with Crippen molar-refractivity contribution in [1.29, 1.82) is 0 Å². The van der Waals surface area contributed by atoms with E-state index >= 15 is 0 Å². The molecule has 13 rings (SSSR count). The van der Waals surface area contributed by atoms with Gasteiger partial charge in [-0.25, -0.2) is 0 Å². The molecule has 0 saturated carbocycles. The Balaban J connectivity index is 1.34. The van der Waals surface area contributed by atoms with E-state index in [9.17, 15) is 0 Å². The van der Waals surface area contributed by atoms with Gasteiger partial charge in [0.25, 0.3) is 5.82 Å². The van der Waals surface area contributed by atoms with E-state index in [1.165, 1.54) is 100 Å². The Morgan fingerprint density at radius 1 is 0.571 bits per heavy atom. The summed E-state index contributed by atoms with van der Waals surface area (Å²) in [5.74, 6) is 1.17. The van der Waals surface area contributed by atoms with E-state index in [0.29, 0.717) is 0 Å². The molecule has 0 radical (unpaired) electrons. The highest BCUT2D eigenvalue weighted by atomic mass is 15.5.